The summed E-state index contributed by atoms with van der Waals surface area (Å²) in [5, 5.41) is 12.1. The fraction of sp³-hybridized carbons (Fsp3) is 0.182. The summed E-state index contributed by atoms with van der Waals surface area (Å²) in [4.78, 5) is 4.16. The minimum Gasteiger partial charge on any atom is -0.502 e. The topological polar surface area (TPSA) is 77.6 Å². The number of ether oxygens (including phenoxy) is 2. The molecule has 3 N–H and O–H groups in total. The molecule has 1 heterocycles. The molecule has 5 nitrogen and oxygen atoms in total. The molecule has 17 heavy (non-hydrogen) atoms. The summed E-state index contributed by atoms with van der Waals surface area (Å²) in [6.07, 6.45) is 0. The first-order valence-corrected chi connectivity index (χ1v) is 5.70. The molecule has 0 spiro atoms. The normalized spacial score (nSPS) is 10.2. The molecule has 0 fully saturated rings. The molecule has 1 aromatic carbocycles. The maximum absolute atomic E-state index is 9.77. The summed E-state index contributed by atoms with van der Waals surface area (Å²) in [5.74, 6) is 0.652. The molecule has 0 saturated heterocycles. The van der Waals surface area contributed by atoms with Gasteiger partial charge in [0, 0.05) is 10.9 Å². The number of rotatable bonds is 3. The summed E-state index contributed by atoms with van der Waals surface area (Å²) in [6, 6.07) is 3.37. The maximum atomic E-state index is 9.77. The van der Waals surface area contributed by atoms with E-state index in [2.05, 4.69) is 4.98 Å². The summed E-state index contributed by atoms with van der Waals surface area (Å²) in [7, 11) is 2.96. The predicted octanol–water partition coefficient (Wildman–Crippen LogP) is 2.12. The van der Waals surface area contributed by atoms with Crippen molar-refractivity contribution in [1.82, 2.24) is 4.98 Å². The van der Waals surface area contributed by atoms with E-state index < -0.39 is 0 Å². The van der Waals surface area contributed by atoms with Crippen LogP contribution in [0.25, 0.3) is 11.3 Å². The Labute approximate surface area is 102 Å². The molecule has 0 amide bonds. The van der Waals surface area contributed by atoms with E-state index in [1.807, 2.05) is 5.38 Å². The van der Waals surface area contributed by atoms with Gasteiger partial charge in [-0.25, -0.2) is 4.98 Å². The molecule has 0 radical (unpaired) electrons. The molecule has 1 aromatic heterocycles. The molecular formula is C11H12N2O3S. The number of thiazole rings is 1. The van der Waals surface area contributed by atoms with Gasteiger partial charge in [-0.2, -0.15) is 0 Å². The summed E-state index contributed by atoms with van der Waals surface area (Å²) < 4.78 is 10.1. The van der Waals surface area contributed by atoms with Crippen LogP contribution in [-0.4, -0.2) is 24.3 Å². The molecule has 2 rings (SSSR count). The van der Waals surface area contributed by atoms with Gasteiger partial charge < -0.3 is 20.3 Å². The SMILES string of the molecule is COc1cc(-c2csc(N)n2)cc(OC)c1O. The third-order valence-electron chi connectivity index (χ3n) is 2.30. The van der Waals surface area contributed by atoms with Crippen LogP contribution >= 0.6 is 11.3 Å². The number of hydrogen-bond acceptors (Lipinski definition) is 6. The second-order valence-electron chi connectivity index (χ2n) is 3.30. The standard InChI is InChI=1S/C11H12N2O3S/c1-15-8-3-6(4-9(16-2)10(8)14)7-5-17-11(12)13-7/h3-5,14H,1-2H3,(H2,12,13). The first kappa shape index (κ1) is 11.5. The van der Waals surface area contributed by atoms with Crippen LogP contribution in [0.2, 0.25) is 0 Å². The first-order chi connectivity index (χ1) is 8.15. The van der Waals surface area contributed by atoms with Gasteiger partial charge in [-0.15, -0.1) is 11.3 Å². The monoisotopic (exact) mass is 252 g/mol. The Balaban J connectivity index is 2.55. The van der Waals surface area contributed by atoms with Crippen LogP contribution in [-0.2, 0) is 0 Å². The molecule has 6 heteroatoms. The second kappa shape index (κ2) is 4.50. The predicted molar refractivity (Wildman–Crippen MR) is 66.7 cm³/mol. The fourth-order valence-corrected chi connectivity index (χ4v) is 2.03. The van der Waals surface area contributed by atoms with Crippen molar-refractivity contribution in [3.05, 3.63) is 17.5 Å². The van der Waals surface area contributed by atoms with E-state index in [9.17, 15) is 5.11 Å². The van der Waals surface area contributed by atoms with Crippen molar-refractivity contribution in [3.63, 3.8) is 0 Å². The molecular weight excluding hydrogens is 240 g/mol. The summed E-state index contributed by atoms with van der Waals surface area (Å²) in [5.41, 5.74) is 7.09. The van der Waals surface area contributed by atoms with Gasteiger partial charge in [-0.1, -0.05) is 0 Å². The van der Waals surface area contributed by atoms with Crippen LogP contribution in [0.1, 0.15) is 0 Å². The number of benzene rings is 1. The summed E-state index contributed by atoms with van der Waals surface area (Å²) in [6.45, 7) is 0. The molecule has 2 aromatic rings. The lowest BCUT2D eigenvalue weighted by Crippen LogP contribution is -1.91. The van der Waals surface area contributed by atoms with E-state index in [1.165, 1.54) is 25.6 Å². The van der Waals surface area contributed by atoms with E-state index in [0.717, 1.165) is 11.3 Å². The lowest BCUT2D eigenvalue weighted by molar-refractivity contribution is 0.340. The van der Waals surface area contributed by atoms with E-state index in [4.69, 9.17) is 15.2 Å². The van der Waals surface area contributed by atoms with Crippen molar-refractivity contribution in [3.8, 4) is 28.5 Å². The molecule has 0 aliphatic carbocycles. The molecule has 0 aliphatic rings. The van der Waals surface area contributed by atoms with E-state index in [1.54, 1.807) is 12.1 Å². The molecule has 0 saturated carbocycles. The van der Waals surface area contributed by atoms with Gasteiger partial charge >= 0.3 is 0 Å². The van der Waals surface area contributed by atoms with Gasteiger partial charge in [0.1, 0.15) is 0 Å². The van der Waals surface area contributed by atoms with Crippen LogP contribution in [0.15, 0.2) is 17.5 Å². The fourth-order valence-electron chi connectivity index (χ4n) is 1.46. The Morgan fingerprint density at radius 1 is 1.24 bits per heavy atom. The number of phenolic OH excluding ortho intramolecular Hbond substituents is 1. The van der Waals surface area contributed by atoms with Crippen LogP contribution in [0.3, 0.4) is 0 Å². The molecule has 0 bridgehead atoms. The average Bonchev–Trinajstić information content (AvgIpc) is 2.76. The Hall–Kier alpha value is -1.95. The third-order valence-corrected chi connectivity index (χ3v) is 2.97. The number of nitrogen functional groups attached to an aromatic ring is 1. The number of nitrogens with zero attached hydrogens (tertiary/aromatic N) is 1. The first-order valence-electron chi connectivity index (χ1n) is 4.82. The third kappa shape index (κ3) is 2.12. The van der Waals surface area contributed by atoms with E-state index in [-0.39, 0.29) is 5.75 Å². The molecule has 90 valence electrons. The number of aromatic nitrogens is 1. The van der Waals surface area contributed by atoms with Crippen LogP contribution in [0.4, 0.5) is 5.13 Å². The van der Waals surface area contributed by atoms with Crippen molar-refractivity contribution in [1.29, 1.82) is 0 Å². The largest absolute Gasteiger partial charge is 0.502 e. The van der Waals surface area contributed by atoms with Crippen molar-refractivity contribution in [2.75, 3.05) is 20.0 Å². The Bertz CT molecular complexity index is 514. The zero-order chi connectivity index (χ0) is 12.4. The highest BCUT2D eigenvalue weighted by Crippen LogP contribution is 2.40. The molecule has 0 atom stereocenters. The van der Waals surface area contributed by atoms with Gasteiger partial charge in [0.05, 0.1) is 19.9 Å². The number of phenols is 1. The second-order valence-corrected chi connectivity index (χ2v) is 4.19. The number of methoxy groups -OCH3 is 2. The summed E-state index contributed by atoms with van der Waals surface area (Å²) >= 11 is 1.35. The maximum Gasteiger partial charge on any atom is 0.200 e. The van der Waals surface area contributed by atoms with E-state index in [0.29, 0.717) is 16.6 Å². The van der Waals surface area contributed by atoms with Gasteiger partial charge in [-0.3, -0.25) is 0 Å². The Morgan fingerprint density at radius 3 is 2.24 bits per heavy atom. The Morgan fingerprint density at radius 2 is 1.82 bits per heavy atom. The van der Waals surface area contributed by atoms with Crippen LogP contribution in [0.5, 0.6) is 17.2 Å². The van der Waals surface area contributed by atoms with E-state index >= 15 is 0 Å². The van der Waals surface area contributed by atoms with Crippen molar-refractivity contribution >= 4 is 16.5 Å². The lowest BCUT2D eigenvalue weighted by Gasteiger charge is -2.10. The van der Waals surface area contributed by atoms with Crippen molar-refractivity contribution in [2.24, 2.45) is 0 Å². The molecule has 0 unspecified atom stereocenters. The highest BCUT2D eigenvalue weighted by atomic mass is 32.1. The number of aromatic hydroxyl groups is 1. The zero-order valence-electron chi connectivity index (χ0n) is 9.43. The minimum atomic E-state index is -0.0260. The van der Waals surface area contributed by atoms with Gasteiger partial charge in [-0.05, 0) is 12.1 Å². The number of anilines is 1. The minimum absolute atomic E-state index is 0.0260. The van der Waals surface area contributed by atoms with Gasteiger partial charge in [0.2, 0.25) is 5.75 Å². The average molecular weight is 252 g/mol. The smallest absolute Gasteiger partial charge is 0.200 e. The van der Waals surface area contributed by atoms with Crippen molar-refractivity contribution < 1.29 is 14.6 Å². The van der Waals surface area contributed by atoms with Crippen molar-refractivity contribution in [2.45, 2.75) is 0 Å². The van der Waals surface area contributed by atoms with Gasteiger partial charge in [0.25, 0.3) is 0 Å². The van der Waals surface area contributed by atoms with Crippen LogP contribution < -0.4 is 15.2 Å². The zero-order valence-corrected chi connectivity index (χ0v) is 10.2. The molecule has 0 aliphatic heterocycles. The lowest BCUT2D eigenvalue weighted by atomic mass is 10.1. The van der Waals surface area contributed by atoms with Crippen LogP contribution in [0, 0.1) is 0 Å². The quantitative estimate of drug-likeness (QED) is 0.874. The highest BCUT2D eigenvalue weighted by molar-refractivity contribution is 7.13. The number of hydrogen-bond donors (Lipinski definition) is 2. The highest BCUT2D eigenvalue weighted by Gasteiger charge is 2.13. The Kier molecular flexibility index (Phi) is 3.06. The van der Waals surface area contributed by atoms with Gasteiger partial charge in [0.15, 0.2) is 16.6 Å². The number of nitrogens with two attached hydrogens (primary N) is 1.